The van der Waals surface area contributed by atoms with Gasteiger partial charge in [0.05, 0.1) is 12.4 Å². The Morgan fingerprint density at radius 1 is 1.15 bits per heavy atom. The highest BCUT2D eigenvalue weighted by atomic mass is 32.2. The van der Waals surface area contributed by atoms with E-state index >= 15 is 0 Å². The number of hydrogen-bond donors (Lipinski definition) is 1. The first-order valence-corrected chi connectivity index (χ1v) is 9.85. The summed E-state index contributed by atoms with van der Waals surface area (Å²) in [6.45, 7) is 5.38. The minimum Gasteiger partial charge on any atom is -0.494 e. The van der Waals surface area contributed by atoms with Gasteiger partial charge in [-0.15, -0.1) is 0 Å². The van der Waals surface area contributed by atoms with Crippen molar-refractivity contribution in [3.8, 4) is 5.75 Å². The van der Waals surface area contributed by atoms with Crippen LogP contribution in [0.4, 0.5) is 5.69 Å². The molecule has 0 spiro atoms. The predicted octanol–water partition coefficient (Wildman–Crippen LogP) is 4.37. The van der Waals surface area contributed by atoms with Crippen molar-refractivity contribution in [2.75, 3.05) is 17.7 Å². The average Bonchev–Trinajstić information content (AvgIpc) is 3.11. The highest BCUT2D eigenvalue weighted by Crippen LogP contribution is 2.19. The number of amides is 1. The fourth-order valence-corrected chi connectivity index (χ4v) is 3.33. The number of carbonyl (C=O) groups is 1. The molecule has 0 aliphatic rings. The van der Waals surface area contributed by atoms with Gasteiger partial charge < -0.3 is 14.6 Å². The number of aromatic nitrogens is 2. The van der Waals surface area contributed by atoms with Gasteiger partial charge in [0.25, 0.3) is 0 Å². The molecule has 3 rings (SSSR count). The molecular formula is C21H23N3O2S. The second-order valence-electron chi connectivity index (χ2n) is 6.12. The van der Waals surface area contributed by atoms with E-state index < -0.39 is 0 Å². The van der Waals surface area contributed by atoms with Gasteiger partial charge >= 0.3 is 0 Å². The summed E-state index contributed by atoms with van der Waals surface area (Å²) >= 11 is 1.43. The van der Waals surface area contributed by atoms with Crippen molar-refractivity contribution in [3.63, 3.8) is 0 Å². The molecule has 2 aromatic carbocycles. The van der Waals surface area contributed by atoms with Crippen LogP contribution in [-0.2, 0) is 11.3 Å². The highest BCUT2D eigenvalue weighted by molar-refractivity contribution is 7.99. The van der Waals surface area contributed by atoms with E-state index in [1.807, 2.05) is 37.4 Å². The van der Waals surface area contributed by atoms with Crippen molar-refractivity contribution in [2.45, 2.75) is 25.5 Å². The lowest BCUT2D eigenvalue weighted by molar-refractivity contribution is -0.113. The quantitative estimate of drug-likeness (QED) is 0.589. The van der Waals surface area contributed by atoms with E-state index in [0.29, 0.717) is 12.4 Å². The summed E-state index contributed by atoms with van der Waals surface area (Å²) in [4.78, 5) is 16.6. The van der Waals surface area contributed by atoms with Crippen molar-refractivity contribution in [1.82, 2.24) is 9.55 Å². The second kappa shape index (κ2) is 9.28. The lowest BCUT2D eigenvalue weighted by atomic mass is 10.1. The van der Waals surface area contributed by atoms with Gasteiger partial charge in [0, 0.05) is 24.6 Å². The number of imidazole rings is 1. The standard InChI is InChI=1S/C21H23N3O2S/c1-3-26-19-10-8-18(9-11-19)23-20(25)15-27-21-22-12-13-24(21)14-17-6-4-16(2)5-7-17/h4-13H,3,14-15H2,1-2H3,(H,23,25). The molecule has 27 heavy (non-hydrogen) atoms. The fourth-order valence-electron chi connectivity index (χ4n) is 2.57. The number of ether oxygens (including phenoxy) is 1. The molecule has 0 saturated heterocycles. The molecule has 140 valence electrons. The lowest BCUT2D eigenvalue weighted by Gasteiger charge is -2.09. The highest BCUT2D eigenvalue weighted by Gasteiger charge is 2.09. The summed E-state index contributed by atoms with van der Waals surface area (Å²) in [6, 6.07) is 15.8. The Morgan fingerprint density at radius 2 is 1.89 bits per heavy atom. The first-order chi connectivity index (χ1) is 13.1. The third-order valence-electron chi connectivity index (χ3n) is 3.93. The Morgan fingerprint density at radius 3 is 2.59 bits per heavy atom. The summed E-state index contributed by atoms with van der Waals surface area (Å²) in [6.07, 6.45) is 3.70. The Kier molecular flexibility index (Phi) is 6.54. The molecule has 3 aromatic rings. The molecule has 0 atom stereocenters. The van der Waals surface area contributed by atoms with Crippen molar-refractivity contribution >= 4 is 23.4 Å². The van der Waals surface area contributed by atoms with E-state index in [2.05, 4.69) is 46.1 Å². The van der Waals surface area contributed by atoms with Crippen LogP contribution >= 0.6 is 11.8 Å². The van der Waals surface area contributed by atoms with E-state index in [1.165, 1.54) is 22.9 Å². The molecular weight excluding hydrogens is 358 g/mol. The van der Waals surface area contributed by atoms with Crippen LogP contribution in [0.3, 0.4) is 0 Å². The molecule has 1 aromatic heterocycles. The van der Waals surface area contributed by atoms with Gasteiger partial charge in [0.2, 0.25) is 5.91 Å². The number of anilines is 1. The summed E-state index contributed by atoms with van der Waals surface area (Å²) in [7, 11) is 0. The molecule has 5 nitrogen and oxygen atoms in total. The zero-order chi connectivity index (χ0) is 19.1. The van der Waals surface area contributed by atoms with Crippen molar-refractivity contribution in [1.29, 1.82) is 0 Å². The van der Waals surface area contributed by atoms with Gasteiger partial charge in [-0.05, 0) is 43.7 Å². The van der Waals surface area contributed by atoms with Crippen molar-refractivity contribution in [3.05, 3.63) is 72.1 Å². The van der Waals surface area contributed by atoms with Gasteiger partial charge in [0.15, 0.2) is 5.16 Å². The molecule has 1 N–H and O–H groups in total. The summed E-state index contributed by atoms with van der Waals surface area (Å²) in [5.74, 6) is 1.04. The molecule has 0 fully saturated rings. The van der Waals surface area contributed by atoms with Crippen LogP contribution in [0, 0.1) is 6.92 Å². The monoisotopic (exact) mass is 381 g/mol. The van der Waals surface area contributed by atoms with Crippen LogP contribution in [0.5, 0.6) is 5.75 Å². The molecule has 0 unspecified atom stereocenters. The molecule has 1 heterocycles. The zero-order valence-electron chi connectivity index (χ0n) is 15.5. The Labute approximate surface area is 163 Å². The summed E-state index contributed by atoms with van der Waals surface area (Å²) < 4.78 is 7.46. The third kappa shape index (κ3) is 5.62. The fraction of sp³-hybridized carbons (Fsp3) is 0.238. The van der Waals surface area contributed by atoms with Gasteiger partial charge in [-0.3, -0.25) is 4.79 Å². The first kappa shape index (κ1) is 19.0. The Hall–Kier alpha value is -2.73. The maximum atomic E-state index is 12.2. The topological polar surface area (TPSA) is 56.1 Å². The Bertz CT molecular complexity index is 873. The SMILES string of the molecule is CCOc1ccc(NC(=O)CSc2nccn2Cc2ccc(C)cc2)cc1. The largest absolute Gasteiger partial charge is 0.494 e. The first-order valence-electron chi connectivity index (χ1n) is 8.86. The van der Waals surface area contributed by atoms with Crippen molar-refractivity contribution < 1.29 is 9.53 Å². The number of nitrogens with zero attached hydrogens (tertiary/aromatic N) is 2. The maximum absolute atomic E-state index is 12.2. The van der Waals surface area contributed by atoms with Gasteiger partial charge in [-0.25, -0.2) is 4.98 Å². The van der Waals surface area contributed by atoms with Crippen molar-refractivity contribution in [2.24, 2.45) is 0 Å². The number of rotatable bonds is 8. The molecule has 0 aliphatic carbocycles. The lowest BCUT2D eigenvalue weighted by Crippen LogP contribution is -2.14. The van der Waals surface area contributed by atoms with Crippen LogP contribution in [0.15, 0.2) is 66.1 Å². The zero-order valence-corrected chi connectivity index (χ0v) is 16.3. The summed E-state index contributed by atoms with van der Waals surface area (Å²) in [5.41, 5.74) is 3.20. The predicted molar refractivity (Wildman–Crippen MR) is 109 cm³/mol. The number of nitrogens with one attached hydrogen (secondary N) is 1. The minimum absolute atomic E-state index is 0.0611. The number of benzene rings is 2. The smallest absolute Gasteiger partial charge is 0.234 e. The number of thioether (sulfide) groups is 1. The average molecular weight is 382 g/mol. The normalized spacial score (nSPS) is 10.6. The molecule has 6 heteroatoms. The van der Waals surface area contributed by atoms with Crippen LogP contribution < -0.4 is 10.1 Å². The van der Waals surface area contributed by atoms with E-state index in [0.717, 1.165) is 23.1 Å². The van der Waals surface area contributed by atoms with E-state index in [1.54, 1.807) is 6.20 Å². The number of carbonyl (C=O) groups excluding carboxylic acids is 1. The molecule has 0 saturated carbocycles. The second-order valence-corrected chi connectivity index (χ2v) is 7.06. The summed E-state index contributed by atoms with van der Waals surface area (Å²) in [5, 5.41) is 3.73. The minimum atomic E-state index is -0.0611. The maximum Gasteiger partial charge on any atom is 0.234 e. The van der Waals surface area contributed by atoms with Crippen LogP contribution in [0.2, 0.25) is 0 Å². The van der Waals surface area contributed by atoms with Crippen LogP contribution in [0.25, 0.3) is 0 Å². The molecule has 1 amide bonds. The third-order valence-corrected chi connectivity index (χ3v) is 4.94. The Balaban J connectivity index is 1.53. The number of aryl methyl sites for hydroxylation is 1. The van der Waals surface area contributed by atoms with E-state index in [9.17, 15) is 4.79 Å². The number of hydrogen-bond acceptors (Lipinski definition) is 4. The molecule has 0 bridgehead atoms. The van der Waals surface area contributed by atoms with Gasteiger partial charge in [-0.1, -0.05) is 41.6 Å². The van der Waals surface area contributed by atoms with Crippen LogP contribution in [0.1, 0.15) is 18.1 Å². The molecule has 0 radical (unpaired) electrons. The van der Waals surface area contributed by atoms with E-state index in [4.69, 9.17) is 4.74 Å². The van der Waals surface area contributed by atoms with Crippen LogP contribution in [-0.4, -0.2) is 27.8 Å². The van der Waals surface area contributed by atoms with Gasteiger partial charge in [-0.2, -0.15) is 0 Å². The molecule has 0 aliphatic heterocycles. The van der Waals surface area contributed by atoms with Gasteiger partial charge in [0.1, 0.15) is 5.75 Å². The van der Waals surface area contributed by atoms with E-state index in [-0.39, 0.29) is 5.91 Å².